The summed E-state index contributed by atoms with van der Waals surface area (Å²) in [4.78, 5) is 23.7. The molecule has 1 N–H and O–H groups in total. The van der Waals surface area contributed by atoms with Crippen LogP contribution in [0, 0.1) is 0 Å². The average Bonchev–Trinajstić information content (AvgIpc) is 2.84. The number of allylic oxidation sites excluding steroid dienone is 2. The quantitative estimate of drug-likeness (QED) is 0.0815. The van der Waals surface area contributed by atoms with Crippen LogP contribution in [0.3, 0.4) is 0 Å². The van der Waals surface area contributed by atoms with Crippen molar-refractivity contribution in [2.45, 2.75) is 148 Å². The van der Waals surface area contributed by atoms with Crippen LogP contribution in [0.1, 0.15) is 142 Å². The molecule has 0 saturated heterocycles. The molecule has 0 aromatic heterocycles. The van der Waals surface area contributed by atoms with Gasteiger partial charge in [0, 0.05) is 12.8 Å². The van der Waals surface area contributed by atoms with E-state index >= 15 is 0 Å². The predicted octanol–water partition coefficient (Wildman–Crippen LogP) is 7.83. The van der Waals surface area contributed by atoms with Crippen LogP contribution in [0.25, 0.3) is 0 Å². The summed E-state index contributed by atoms with van der Waals surface area (Å²) < 4.78 is 10.4. The van der Waals surface area contributed by atoms with Crippen LogP contribution >= 0.6 is 0 Å². The number of unbranched alkanes of at least 4 members (excludes halogenated alkanes) is 15. The van der Waals surface area contributed by atoms with Crippen LogP contribution in [0.5, 0.6) is 0 Å². The number of carbonyl (C=O) groups excluding carboxylic acids is 2. The van der Waals surface area contributed by atoms with Crippen LogP contribution < -0.4 is 0 Å². The molecule has 0 aliphatic heterocycles. The summed E-state index contributed by atoms with van der Waals surface area (Å²) in [6.45, 7) is 3.98. The van der Waals surface area contributed by atoms with E-state index in [-0.39, 0.29) is 25.2 Å². The highest BCUT2D eigenvalue weighted by Gasteiger charge is 2.15. The molecule has 0 fully saturated rings. The molecular weight excluding hydrogens is 428 g/mol. The van der Waals surface area contributed by atoms with Crippen LogP contribution in [0.4, 0.5) is 0 Å². The second-order valence-corrected chi connectivity index (χ2v) is 9.48. The number of aliphatic hydroxyl groups excluding tert-OH is 1. The number of carbonyl (C=O) groups is 2. The lowest BCUT2D eigenvalue weighted by Gasteiger charge is -2.15. The van der Waals surface area contributed by atoms with Crippen molar-refractivity contribution in [2.75, 3.05) is 13.2 Å². The van der Waals surface area contributed by atoms with Crippen LogP contribution in [-0.4, -0.2) is 36.4 Å². The van der Waals surface area contributed by atoms with Gasteiger partial charge in [-0.1, -0.05) is 103 Å². The Kier molecular flexibility index (Phi) is 25.2. The zero-order chi connectivity index (χ0) is 25.1. The summed E-state index contributed by atoms with van der Waals surface area (Å²) in [7, 11) is 0. The Balaban J connectivity index is 3.55. The Hall–Kier alpha value is -1.36. The van der Waals surface area contributed by atoms with Gasteiger partial charge in [0.2, 0.25) is 0 Å². The van der Waals surface area contributed by atoms with Crippen LogP contribution in [0.15, 0.2) is 12.2 Å². The summed E-state index contributed by atoms with van der Waals surface area (Å²) in [6, 6.07) is 0. The van der Waals surface area contributed by atoms with Crippen molar-refractivity contribution in [2.24, 2.45) is 0 Å². The first-order valence-corrected chi connectivity index (χ1v) is 14.2. The van der Waals surface area contributed by atoms with Gasteiger partial charge in [0.05, 0.1) is 6.61 Å². The van der Waals surface area contributed by atoms with Crippen molar-refractivity contribution in [1.82, 2.24) is 0 Å². The smallest absolute Gasteiger partial charge is 0.306 e. The minimum Gasteiger partial charge on any atom is -0.462 e. The van der Waals surface area contributed by atoms with Crippen molar-refractivity contribution in [3.8, 4) is 0 Å². The molecule has 0 rings (SSSR count). The van der Waals surface area contributed by atoms with E-state index in [4.69, 9.17) is 9.47 Å². The van der Waals surface area contributed by atoms with Gasteiger partial charge in [-0.3, -0.25) is 9.59 Å². The molecule has 5 heteroatoms. The zero-order valence-corrected chi connectivity index (χ0v) is 22.4. The van der Waals surface area contributed by atoms with E-state index in [1.54, 1.807) is 0 Å². The fraction of sp³-hybridized carbons (Fsp3) is 0.862. The van der Waals surface area contributed by atoms with Crippen molar-refractivity contribution >= 4 is 11.9 Å². The number of ether oxygens (including phenoxy) is 2. The Morgan fingerprint density at radius 2 is 1.09 bits per heavy atom. The van der Waals surface area contributed by atoms with E-state index in [1.807, 2.05) is 0 Å². The van der Waals surface area contributed by atoms with E-state index in [1.165, 1.54) is 64.2 Å². The summed E-state index contributed by atoms with van der Waals surface area (Å²) in [5.41, 5.74) is 0. The van der Waals surface area contributed by atoms with E-state index in [0.29, 0.717) is 12.8 Å². The molecule has 0 aliphatic rings. The Morgan fingerprint density at radius 3 is 1.62 bits per heavy atom. The molecule has 1 atom stereocenters. The highest BCUT2D eigenvalue weighted by Crippen LogP contribution is 2.11. The summed E-state index contributed by atoms with van der Waals surface area (Å²) in [5, 5.41) is 9.37. The molecule has 0 spiro atoms. The van der Waals surface area contributed by atoms with Gasteiger partial charge in [-0.15, -0.1) is 0 Å². The largest absolute Gasteiger partial charge is 0.462 e. The van der Waals surface area contributed by atoms with Crippen molar-refractivity contribution in [3.63, 3.8) is 0 Å². The molecule has 0 bridgehead atoms. The number of esters is 2. The maximum absolute atomic E-state index is 12.0. The lowest BCUT2D eigenvalue weighted by Crippen LogP contribution is -2.28. The fourth-order valence-electron chi connectivity index (χ4n) is 3.84. The van der Waals surface area contributed by atoms with E-state index in [2.05, 4.69) is 26.0 Å². The third-order valence-corrected chi connectivity index (χ3v) is 6.06. The van der Waals surface area contributed by atoms with Crippen molar-refractivity contribution < 1.29 is 24.2 Å². The minimum atomic E-state index is -0.764. The first kappa shape index (κ1) is 32.6. The molecule has 1 unspecified atom stereocenters. The molecule has 0 saturated carbocycles. The molecule has 0 aliphatic carbocycles. The van der Waals surface area contributed by atoms with E-state index in [0.717, 1.165) is 51.4 Å². The highest BCUT2D eigenvalue weighted by atomic mass is 16.6. The van der Waals surface area contributed by atoms with Gasteiger partial charge in [-0.05, 0) is 38.5 Å². The molecule has 0 radical (unpaired) electrons. The lowest BCUT2D eigenvalue weighted by molar-refractivity contribution is -0.161. The molecule has 34 heavy (non-hydrogen) atoms. The minimum absolute atomic E-state index is 0.0681. The third kappa shape index (κ3) is 23.8. The summed E-state index contributed by atoms with van der Waals surface area (Å²) in [5.74, 6) is -0.621. The average molecular weight is 483 g/mol. The van der Waals surface area contributed by atoms with Gasteiger partial charge in [0.1, 0.15) is 6.61 Å². The lowest BCUT2D eigenvalue weighted by atomic mass is 10.1. The number of aliphatic hydroxyl groups is 1. The molecule has 0 heterocycles. The zero-order valence-electron chi connectivity index (χ0n) is 22.4. The highest BCUT2D eigenvalue weighted by molar-refractivity contribution is 5.70. The summed E-state index contributed by atoms with van der Waals surface area (Å²) >= 11 is 0. The Labute approximate surface area is 210 Å². The van der Waals surface area contributed by atoms with Gasteiger partial charge >= 0.3 is 11.9 Å². The monoisotopic (exact) mass is 482 g/mol. The molecular formula is C29H54O5. The standard InChI is InChI=1S/C29H54O5/c1-3-5-7-9-10-11-12-13-14-15-16-17-18-19-20-22-24-29(32)34-27(25-30)26-33-28(31)23-21-8-6-4-2/h14-15,27,30H,3-13,16-26H2,1-2H3/b15-14-. The van der Waals surface area contributed by atoms with E-state index < -0.39 is 6.10 Å². The van der Waals surface area contributed by atoms with Crippen molar-refractivity contribution in [1.29, 1.82) is 0 Å². The molecule has 0 aromatic carbocycles. The topological polar surface area (TPSA) is 72.8 Å². The number of rotatable bonds is 25. The maximum atomic E-state index is 12.0. The number of hydrogen-bond acceptors (Lipinski definition) is 5. The first-order chi connectivity index (χ1) is 16.6. The molecule has 5 nitrogen and oxygen atoms in total. The van der Waals surface area contributed by atoms with Gasteiger partial charge in [0.15, 0.2) is 6.10 Å². The molecule has 0 amide bonds. The first-order valence-electron chi connectivity index (χ1n) is 14.2. The number of hydrogen-bond donors (Lipinski definition) is 1. The third-order valence-electron chi connectivity index (χ3n) is 6.06. The Morgan fingerprint density at radius 1 is 0.647 bits per heavy atom. The van der Waals surface area contributed by atoms with Gasteiger partial charge in [0.25, 0.3) is 0 Å². The second-order valence-electron chi connectivity index (χ2n) is 9.48. The normalized spacial score (nSPS) is 12.2. The SMILES string of the molecule is CCCCCCCCC/C=C\CCCCCCCC(=O)OC(CO)COC(=O)CCCCCC. The van der Waals surface area contributed by atoms with Crippen molar-refractivity contribution in [3.05, 3.63) is 12.2 Å². The van der Waals surface area contributed by atoms with Gasteiger partial charge in [-0.25, -0.2) is 0 Å². The second kappa shape index (κ2) is 26.2. The predicted molar refractivity (Wildman–Crippen MR) is 141 cm³/mol. The maximum Gasteiger partial charge on any atom is 0.306 e. The van der Waals surface area contributed by atoms with Gasteiger partial charge < -0.3 is 14.6 Å². The van der Waals surface area contributed by atoms with Crippen LogP contribution in [-0.2, 0) is 19.1 Å². The molecule has 200 valence electrons. The fourth-order valence-corrected chi connectivity index (χ4v) is 3.84. The van der Waals surface area contributed by atoms with Gasteiger partial charge in [-0.2, -0.15) is 0 Å². The van der Waals surface area contributed by atoms with Crippen LogP contribution in [0.2, 0.25) is 0 Å². The van der Waals surface area contributed by atoms with E-state index in [9.17, 15) is 14.7 Å². The Bertz CT molecular complexity index is 489. The summed E-state index contributed by atoms with van der Waals surface area (Å²) in [6.07, 6.45) is 25.9. The molecule has 0 aromatic rings.